The first kappa shape index (κ1) is 28.7. The zero-order valence-corrected chi connectivity index (χ0v) is 21.5. The molecule has 0 heterocycles. The molecule has 0 aromatic heterocycles. The van der Waals surface area contributed by atoms with E-state index < -0.39 is 0 Å². The van der Waals surface area contributed by atoms with Gasteiger partial charge in [-0.05, 0) is 37.8 Å². The highest BCUT2D eigenvalue weighted by molar-refractivity contribution is 6.01. The lowest BCUT2D eigenvalue weighted by atomic mass is 9.91. The van der Waals surface area contributed by atoms with Gasteiger partial charge in [0.25, 0.3) is 0 Å². The van der Waals surface area contributed by atoms with Gasteiger partial charge in [0.05, 0.1) is 0 Å². The Hall–Kier alpha value is -1.38. The highest BCUT2D eigenvalue weighted by atomic mass is 19.1. The van der Waals surface area contributed by atoms with Crippen molar-refractivity contribution in [3.63, 3.8) is 0 Å². The maximum Gasteiger partial charge on any atom is 0.125 e. The summed E-state index contributed by atoms with van der Waals surface area (Å²) >= 11 is 0. The average molecular weight is 447 g/mol. The number of halogens is 1. The number of unbranched alkanes of at least 4 members (excludes halogenated alkanes) is 15. The Morgan fingerprint density at radius 3 is 1.81 bits per heavy atom. The summed E-state index contributed by atoms with van der Waals surface area (Å²) in [4.78, 5) is 0. The number of rotatable bonds is 19. The second-order valence-corrected chi connectivity index (χ2v) is 9.49. The molecule has 0 fully saturated rings. The fourth-order valence-electron chi connectivity index (χ4n) is 4.56. The number of amidine groups is 1. The van der Waals surface area contributed by atoms with Gasteiger partial charge in [0.2, 0.25) is 0 Å². The molecule has 0 unspecified atom stereocenters. The second-order valence-electron chi connectivity index (χ2n) is 9.49. The molecule has 0 spiro atoms. The second kappa shape index (κ2) is 19.1. The Morgan fingerprint density at radius 2 is 1.34 bits per heavy atom. The fraction of sp³-hybridized carbons (Fsp3) is 0.759. The summed E-state index contributed by atoms with van der Waals surface area (Å²) in [6.45, 7) is 6.87. The first-order valence-corrected chi connectivity index (χ1v) is 13.7. The van der Waals surface area contributed by atoms with Crippen LogP contribution in [-0.4, -0.2) is 12.4 Å². The molecule has 2 N–H and O–H groups in total. The number of nitrogens with one attached hydrogen (secondary N) is 2. The third kappa shape index (κ3) is 12.6. The van der Waals surface area contributed by atoms with Crippen LogP contribution in [0.1, 0.15) is 136 Å². The molecule has 1 aliphatic carbocycles. The van der Waals surface area contributed by atoms with E-state index >= 15 is 0 Å². The van der Waals surface area contributed by atoms with Crippen LogP contribution in [0.3, 0.4) is 0 Å². The van der Waals surface area contributed by atoms with Crippen LogP contribution in [0, 0.1) is 5.41 Å². The molecule has 2 nitrogen and oxygen atoms in total. The van der Waals surface area contributed by atoms with Crippen LogP contribution in [0.5, 0.6) is 0 Å². The molecule has 3 heteroatoms. The summed E-state index contributed by atoms with van der Waals surface area (Å²) in [6, 6.07) is 0. The number of hydrogen-bond acceptors (Lipinski definition) is 1. The smallest absolute Gasteiger partial charge is 0.125 e. The fourth-order valence-corrected chi connectivity index (χ4v) is 4.56. The summed E-state index contributed by atoms with van der Waals surface area (Å²) in [5.41, 5.74) is 2.41. The summed E-state index contributed by atoms with van der Waals surface area (Å²) < 4.78 is 13.9. The van der Waals surface area contributed by atoms with E-state index in [1.807, 2.05) is 19.9 Å². The molecule has 0 aliphatic heterocycles. The SMILES string of the molecule is C/C=C(/C(=N)NCCCCCCCCCCCCCCCCCC)C1=CCCC(F)=C1C. The van der Waals surface area contributed by atoms with Crippen molar-refractivity contribution in [2.75, 3.05) is 6.54 Å². The van der Waals surface area contributed by atoms with Crippen molar-refractivity contribution in [2.24, 2.45) is 0 Å². The van der Waals surface area contributed by atoms with Crippen LogP contribution in [0.25, 0.3) is 0 Å². The van der Waals surface area contributed by atoms with E-state index in [1.165, 1.54) is 96.3 Å². The molecule has 0 aromatic rings. The van der Waals surface area contributed by atoms with Gasteiger partial charge in [-0.15, -0.1) is 0 Å². The van der Waals surface area contributed by atoms with Crippen molar-refractivity contribution in [1.82, 2.24) is 5.32 Å². The van der Waals surface area contributed by atoms with E-state index in [4.69, 9.17) is 5.41 Å². The van der Waals surface area contributed by atoms with Crippen LogP contribution in [0.4, 0.5) is 4.39 Å². The lowest BCUT2D eigenvalue weighted by Gasteiger charge is -2.19. The first-order valence-electron chi connectivity index (χ1n) is 13.7. The van der Waals surface area contributed by atoms with E-state index in [9.17, 15) is 4.39 Å². The largest absolute Gasteiger partial charge is 0.370 e. The molecule has 1 aliphatic rings. The minimum atomic E-state index is -0.0348. The van der Waals surface area contributed by atoms with Gasteiger partial charge in [-0.1, -0.05) is 115 Å². The van der Waals surface area contributed by atoms with Crippen LogP contribution in [0.15, 0.2) is 34.7 Å². The van der Waals surface area contributed by atoms with E-state index in [1.54, 1.807) is 0 Å². The molecule has 0 saturated carbocycles. The average Bonchev–Trinajstić information content (AvgIpc) is 2.79. The molecule has 0 amide bonds. The van der Waals surface area contributed by atoms with E-state index in [0.717, 1.165) is 30.5 Å². The minimum absolute atomic E-state index is 0.0348. The summed E-state index contributed by atoms with van der Waals surface area (Å²) in [6.07, 6.45) is 27.1. The molecular weight excluding hydrogens is 395 g/mol. The van der Waals surface area contributed by atoms with Gasteiger partial charge in [-0.2, -0.15) is 0 Å². The van der Waals surface area contributed by atoms with Crippen LogP contribution >= 0.6 is 0 Å². The normalized spacial score (nSPS) is 14.6. The lowest BCUT2D eigenvalue weighted by molar-refractivity contribution is 0.529. The van der Waals surface area contributed by atoms with Crippen molar-refractivity contribution in [2.45, 2.75) is 136 Å². The molecule has 0 radical (unpaired) electrons. The Labute approximate surface area is 198 Å². The highest BCUT2D eigenvalue weighted by Gasteiger charge is 2.17. The zero-order chi connectivity index (χ0) is 23.4. The predicted octanol–water partition coefficient (Wildman–Crippen LogP) is 9.72. The van der Waals surface area contributed by atoms with Gasteiger partial charge in [-0.3, -0.25) is 5.41 Å². The van der Waals surface area contributed by atoms with Crippen molar-refractivity contribution in [3.8, 4) is 0 Å². The summed E-state index contributed by atoms with van der Waals surface area (Å²) in [7, 11) is 0. The quantitative estimate of drug-likeness (QED) is 0.116. The minimum Gasteiger partial charge on any atom is -0.370 e. The topological polar surface area (TPSA) is 35.9 Å². The van der Waals surface area contributed by atoms with Gasteiger partial charge in [0.15, 0.2) is 0 Å². The number of hydrogen-bond donors (Lipinski definition) is 2. The maximum atomic E-state index is 13.9. The third-order valence-corrected chi connectivity index (χ3v) is 6.70. The zero-order valence-electron chi connectivity index (χ0n) is 21.5. The van der Waals surface area contributed by atoms with Crippen molar-refractivity contribution < 1.29 is 4.39 Å². The summed E-state index contributed by atoms with van der Waals surface area (Å²) in [5, 5.41) is 11.6. The lowest BCUT2D eigenvalue weighted by Crippen LogP contribution is -2.26. The van der Waals surface area contributed by atoms with Crippen LogP contribution in [-0.2, 0) is 0 Å². The third-order valence-electron chi connectivity index (χ3n) is 6.70. The molecule has 184 valence electrons. The van der Waals surface area contributed by atoms with Gasteiger partial charge < -0.3 is 5.32 Å². The predicted molar refractivity (Wildman–Crippen MR) is 140 cm³/mol. The molecule has 1 rings (SSSR count). The van der Waals surface area contributed by atoms with Crippen molar-refractivity contribution in [3.05, 3.63) is 34.7 Å². The maximum absolute atomic E-state index is 13.9. The van der Waals surface area contributed by atoms with Crippen molar-refractivity contribution in [1.29, 1.82) is 5.41 Å². The van der Waals surface area contributed by atoms with Gasteiger partial charge in [0, 0.05) is 18.5 Å². The van der Waals surface area contributed by atoms with Gasteiger partial charge in [0.1, 0.15) is 11.7 Å². The van der Waals surface area contributed by atoms with Crippen LogP contribution < -0.4 is 5.32 Å². The molecule has 0 bridgehead atoms. The van der Waals surface area contributed by atoms with Crippen LogP contribution in [0.2, 0.25) is 0 Å². The van der Waals surface area contributed by atoms with E-state index in [-0.39, 0.29) is 5.83 Å². The van der Waals surface area contributed by atoms with E-state index in [2.05, 4.69) is 18.3 Å². The number of allylic oxidation sites excluding steroid dienone is 4. The molecule has 0 saturated heterocycles. The molecular formula is C29H51FN2. The van der Waals surface area contributed by atoms with Gasteiger partial charge >= 0.3 is 0 Å². The molecule has 32 heavy (non-hydrogen) atoms. The molecule has 0 atom stereocenters. The first-order chi connectivity index (χ1) is 15.6. The Kier molecular flexibility index (Phi) is 17.1. The van der Waals surface area contributed by atoms with Gasteiger partial charge in [-0.25, -0.2) is 4.39 Å². The standard InChI is InChI=1S/C29H51FN2/c1-4-6-7-8-9-10-11-12-13-14-15-16-17-18-19-20-24-32-29(31)26(5-2)27-22-21-23-28(30)25(27)3/h5,22H,4,6-21,23-24H2,1-3H3,(H2,31,32)/b26-5+. The Bertz CT molecular complexity index is 600. The van der Waals surface area contributed by atoms with E-state index in [0.29, 0.717) is 17.8 Å². The van der Waals surface area contributed by atoms with Crippen molar-refractivity contribution >= 4 is 5.84 Å². The molecule has 0 aromatic carbocycles. The summed E-state index contributed by atoms with van der Waals surface area (Å²) in [5.74, 6) is 0.390. The monoisotopic (exact) mass is 446 g/mol. The Balaban J connectivity index is 1.95. The Morgan fingerprint density at radius 1 is 0.875 bits per heavy atom. The highest BCUT2D eigenvalue weighted by Crippen LogP contribution is 2.30.